The van der Waals surface area contributed by atoms with Gasteiger partial charge in [-0.05, 0) is 46.5 Å². The van der Waals surface area contributed by atoms with Gasteiger partial charge in [-0.15, -0.1) is 0 Å². The topological polar surface area (TPSA) is 72.3 Å². The molecule has 1 atom stereocenters. The number of hydrogen-bond donors (Lipinski definition) is 1. The van der Waals surface area contributed by atoms with E-state index in [2.05, 4.69) is 22.3 Å². The molecule has 1 saturated carbocycles. The molecule has 2 aliphatic heterocycles. The number of carbonyl (C=O) groups excluding carboxylic acids is 1. The fourth-order valence-corrected chi connectivity index (χ4v) is 3.63. The second kappa shape index (κ2) is 5.47. The zero-order valence-corrected chi connectivity index (χ0v) is 14.7. The first-order valence-corrected chi connectivity index (χ1v) is 8.28. The molecule has 3 heterocycles. The van der Waals surface area contributed by atoms with Gasteiger partial charge in [-0.1, -0.05) is 0 Å². The standard InChI is InChI=1S/C16H27N5O2/c1-11(13-18-10-20(5)19-13)17-9-16-6-12(7-16)8-21(16)14(22)23-15(2,3)4/h10-12,17H,6-9H2,1-5H3. The van der Waals surface area contributed by atoms with Crippen molar-refractivity contribution in [3.63, 3.8) is 0 Å². The van der Waals surface area contributed by atoms with E-state index in [0.29, 0.717) is 5.92 Å². The van der Waals surface area contributed by atoms with Crippen LogP contribution in [0.5, 0.6) is 0 Å². The van der Waals surface area contributed by atoms with Crippen LogP contribution in [0.2, 0.25) is 0 Å². The highest BCUT2D eigenvalue weighted by Crippen LogP contribution is 2.50. The number of aryl methyl sites for hydroxylation is 1. The molecule has 2 bridgehead atoms. The van der Waals surface area contributed by atoms with Crippen LogP contribution in [0.1, 0.15) is 52.4 Å². The number of fused-ring (bicyclic) bond motifs is 1. The monoisotopic (exact) mass is 321 g/mol. The highest BCUT2D eigenvalue weighted by Gasteiger charge is 2.58. The summed E-state index contributed by atoms with van der Waals surface area (Å²) in [5.41, 5.74) is -0.556. The molecule has 3 aliphatic rings. The number of nitrogens with one attached hydrogen (secondary N) is 1. The molecule has 0 spiro atoms. The first-order valence-electron chi connectivity index (χ1n) is 8.28. The Kier molecular flexibility index (Phi) is 3.86. The number of aromatic nitrogens is 3. The van der Waals surface area contributed by atoms with Gasteiger partial charge in [-0.2, -0.15) is 5.10 Å². The van der Waals surface area contributed by atoms with Gasteiger partial charge in [0.15, 0.2) is 5.82 Å². The molecule has 1 aromatic heterocycles. The fourth-order valence-electron chi connectivity index (χ4n) is 3.63. The zero-order valence-electron chi connectivity index (χ0n) is 14.7. The number of rotatable bonds is 4. The second-order valence-corrected chi connectivity index (χ2v) is 7.97. The number of hydrogen-bond acceptors (Lipinski definition) is 5. The van der Waals surface area contributed by atoms with Crippen LogP contribution in [0.15, 0.2) is 6.33 Å². The summed E-state index contributed by atoms with van der Waals surface area (Å²) in [6.45, 7) is 9.34. The highest BCUT2D eigenvalue weighted by atomic mass is 16.6. The summed E-state index contributed by atoms with van der Waals surface area (Å²) >= 11 is 0. The van der Waals surface area contributed by atoms with E-state index in [9.17, 15) is 4.79 Å². The molecule has 1 amide bonds. The summed E-state index contributed by atoms with van der Waals surface area (Å²) in [7, 11) is 1.86. The molecule has 0 aromatic carbocycles. The maximum absolute atomic E-state index is 12.5. The molecule has 7 nitrogen and oxygen atoms in total. The van der Waals surface area contributed by atoms with Crippen LogP contribution in [0.3, 0.4) is 0 Å². The van der Waals surface area contributed by atoms with Gasteiger partial charge in [0.05, 0.1) is 11.6 Å². The molecule has 0 radical (unpaired) electrons. The Bertz CT molecular complexity index is 586. The maximum Gasteiger partial charge on any atom is 0.410 e. The maximum atomic E-state index is 12.5. The minimum absolute atomic E-state index is 0.0608. The summed E-state index contributed by atoms with van der Waals surface area (Å²) < 4.78 is 7.27. The lowest BCUT2D eigenvalue weighted by Gasteiger charge is -2.43. The van der Waals surface area contributed by atoms with E-state index in [1.807, 2.05) is 32.7 Å². The van der Waals surface area contributed by atoms with Crippen molar-refractivity contribution in [3.05, 3.63) is 12.2 Å². The molecule has 1 aromatic rings. The SMILES string of the molecule is CC(NCC12CC(CN1C(=O)OC(C)(C)C)C2)c1ncn(C)n1. The molecule has 4 rings (SSSR count). The Morgan fingerprint density at radius 2 is 2.22 bits per heavy atom. The van der Waals surface area contributed by atoms with E-state index in [1.54, 1.807) is 11.0 Å². The molecular weight excluding hydrogens is 294 g/mol. The van der Waals surface area contributed by atoms with Crippen LogP contribution in [0.4, 0.5) is 4.79 Å². The number of ether oxygens (including phenoxy) is 1. The lowest BCUT2D eigenvalue weighted by Crippen LogP contribution is -2.56. The zero-order chi connectivity index (χ0) is 16.8. The predicted octanol–water partition coefficient (Wildman–Crippen LogP) is 1.87. The van der Waals surface area contributed by atoms with E-state index in [4.69, 9.17) is 4.74 Å². The van der Waals surface area contributed by atoms with Crippen molar-refractivity contribution in [1.29, 1.82) is 0 Å². The number of amides is 1. The normalized spacial score (nSPS) is 27.7. The van der Waals surface area contributed by atoms with Crippen molar-refractivity contribution < 1.29 is 9.53 Å². The molecule has 1 aliphatic carbocycles. The molecule has 3 fully saturated rings. The van der Waals surface area contributed by atoms with Gasteiger partial charge in [-0.3, -0.25) is 4.68 Å². The molecule has 2 saturated heterocycles. The van der Waals surface area contributed by atoms with E-state index in [1.165, 1.54) is 0 Å². The van der Waals surface area contributed by atoms with Crippen molar-refractivity contribution in [3.8, 4) is 0 Å². The second-order valence-electron chi connectivity index (χ2n) is 7.97. The van der Waals surface area contributed by atoms with Crippen molar-refractivity contribution >= 4 is 6.09 Å². The summed E-state index contributed by atoms with van der Waals surface area (Å²) in [5, 5.41) is 7.82. The summed E-state index contributed by atoms with van der Waals surface area (Å²) in [6.07, 6.45) is 3.62. The van der Waals surface area contributed by atoms with Crippen LogP contribution in [-0.2, 0) is 11.8 Å². The lowest BCUT2D eigenvalue weighted by molar-refractivity contribution is 0.00662. The number of nitrogens with zero attached hydrogens (tertiary/aromatic N) is 4. The van der Waals surface area contributed by atoms with E-state index in [0.717, 1.165) is 31.8 Å². The van der Waals surface area contributed by atoms with Gasteiger partial charge in [0.2, 0.25) is 0 Å². The van der Waals surface area contributed by atoms with Crippen LogP contribution >= 0.6 is 0 Å². The largest absolute Gasteiger partial charge is 0.444 e. The van der Waals surface area contributed by atoms with Crippen LogP contribution in [0, 0.1) is 5.92 Å². The van der Waals surface area contributed by atoms with Gasteiger partial charge in [-0.25, -0.2) is 9.78 Å². The molecule has 23 heavy (non-hydrogen) atoms. The summed E-state index contributed by atoms with van der Waals surface area (Å²) in [6, 6.07) is 0.0608. The van der Waals surface area contributed by atoms with E-state index >= 15 is 0 Å². The minimum atomic E-state index is -0.455. The van der Waals surface area contributed by atoms with Crippen molar-refractivity contribution in [2.24, 2.45) is 13.0 Å². The first kappa shape index (κ1) is 16.2. The fraction of sp³-hybridized carbons (Fsp3) is 0.812. The predicted molar refractivity (Wildman–Crippen MR) is 85.8 cm³/mol. The van der Waals surface area contributed by atoms with Gasteiger partial charge >= 0.3 is 6.09 Å². The minimum Gasteiger partial charge on any atom is -0.444 e. The van der Waals surface area contributed by atoms with E-state index < -0.39 is 5.60 Å². The number of carbonyl (C=O) groups is 1. The smallest absolute Gasteiger partial charge is 0.410 e. The Hall–Kier alpha value is -1.63. The van der Waals surface area contributed by atoms with Gasteiger partial charge in [0.1, 0.15) is 11.9 Å². The Labute approximate surface area is 137 Å². The third-order valence-electron chi connectivity index (χ3n) is 4.71. The molecule has 128 valence electrons. The highest BCUT2D eigenvalue weighted by molar-refractivity contribution is 5.70. The van der Waals surface area contributed by atoms with Gasteiger partial charge < -0.3 is 15.0 Å². The summed E-state index contributed by atoms with van der Waals surface area (Å²) in [4.78, 5) is 18.7. The van der Waals surface area contributed by atoms with Crippen LogP contribution < -0.4 is 5.32 Å². The van der Waals surface area contributed by atoms with Crippen LogP contribution in [-0.4, -0.2) is 50.0 Å². The van der Waals surface area contributed by atoms with Crippen molar-refractivity contribution in [2.75, 3.05) is 13.1 Å². The third-order valence-corrected chi connectivity index (χ3v) is 4.71. The average molecular weight is 321 g/mol. The van der Waals surface area contributed by atoms with E-state index in [-0.39, 0.29) is 17.7 Å². The quantitative estimate of drug-likeness (QED) is 0.916. The Balaban J connectivity index is 1.61. The first-order chi connectivity index (χ1) is 10.7. The summed E-state index contributed by atoms with van der Waals surface area (Å²) in [5.74, 6) is 1.40. The molecule has 1 N–H and O–H groups in total. The van der Waals surface area contributed by atoms with Gasteiger partial charge in [0.25, 0.3) is 0 Å². The molecule has 7 heteroatoms. The van der Waals surface area contributed by atoms with Crippen molar-refractivity contribution in [1.82, 2.24) is 25.0 Å². The lowest BCUT2D eigenvalue weighted by atomic mass is 9.73. The molecule has 1 unspecified atom stereocenters. The van der Waals surface area contributed by atoms with Crippen molar-refractivity contribution in [2.45, 2.75) is 57.7 Å². The Morgan fingerprint density at radius 3 is 2.78 bits per heavy atom. The van der Waals surface area contributed by atoms with Crippen LogP contribution in [0.25, 0.3) is 0 Å². The third kappa shape index (κ3) is 3.20. The Morgan fingerprint density at radius 1 is 1.52 bits per heavy atom. The molecular formula is C16H27N5O2. The average Bonchev–Trinajstić information content (AvgIpc) is 3.05. The van der Waals surface area contributed by atoms with Gasteiger partial charge in [0, 0.05) is 20.1 Å².